The summed E-state index contributed by atoms with van der Waals surface area (Å²) >= 11 is 0. The van der Waals surface area contributed by atoms with E-state index in [1.165, 1.54) is 0 Å². The molecule has 0 aromatic heterocycles. The Kier molecular flexibility index (Phi) is 7.87. The van der Waals surface area contributed by atoms with E-state index in [0.717, 1.165) is 16.8 Å². The van der Waals surface area contributed by atoms with Gasteiger partial charge in [0.1, 0.15) is 17.5 Å². The molecule has 1 aromatic carbocycles. The van der Waals surface area contributed by atoms with Gasteiger partial charge in [-0.2, -0.15) is 0 Å². The van der Waals surface area contributed by atoms with Gasteiger partial charge in [0, 0.05) is 24.1 Å². The maximum Gasteiger partial charge on any atom is 0.306 e. The first kappa shape index (κ1) is 24.2. The molecule has 158 valence electrons. The number of phenolic OH excluding ortho intramolecular Hbond substituents is 1. The van der Waals surface area contributed by atoms with E-state index in [-0.39, 0.29) is 34.6 Å². The van der Waals surface area contributed by atoms with Crippen LogP contribution in [0.4, 0.5) is 5.69 Å². The predicted molar refractivity (Wildman–Crippen MR) is 118 cm³/mol. The summed E-state index contributed by atoms with van der Waals surface area (Å²) in [5.74, 6) is 0.328. The minimum Gasteiger partial charge on any atom is -0.505 e. The van der Waals surface area contributed by atoms with Crippen LogP contribution in [0.2, 0.25) is 0 Å². The minimum atomic E-state index is -0.245. The second kappa shape index (κ2) is 9.11. The highest BCUT2D eigenvalue weighted by Gasteiger charge is 2.25. The summed E-state index contributed by atoms with van der Waals surface area (Å²) in [5.41, 5.74) is 3.19. The van der Waals surface area contributed by atoms with E-state index in [9.17, 15) is 9.90 Å². The first-order valence-electron chi connectivity index (χ1n) is 10.2. The Morgan fingerprint density at radius 3 is 2.07 bits per heavy atom. The van der Waals surface area contributed by atoms with Gasteiger partial charge in [0.2, 0.25) is 0 Å². The standard InChI is InChI=1S/C24H39NO3/c1-15(2)11-21(26)28-17(4)12-16(3)25-20-14-18(23(5,6)7)13-19(22(20)27)24(8,9)10/h13-15,17,27H,11-12H2,1-10H3. The van der Waals surface area contributed by atoms with Crippen LogP contribution in [-0.2, 0) is 20.4 Å². The van der Waals surface area contributed by atoms with E-state index >= 15 is 0 Å². The number of benzene rings is 1. The lowest BCUT2D eigenvalue weighted by molar-refractivity contribution is -0.148. The molecule has 0 amide bonds. The van der Waals surface area contributed by atoms with Crippen LogP contribution in [-0.4, -0.2) is 22.9 Å². The Morgan fingerprint density at radius 2 is 1.61 bits per heavy atom. The number of carbonyl (C=O) groups excluding carboxylic acids is 1. The molecule has 0 fully saturated rings. The molecule has 0 radical (unpaired) electrons. The quantitative estimate of drug-likeness (QED) is 0.449. The SMILES string of the molecule is CC(CC(C)OC(=O)CC(C)C)=Nc1cc(C(C)(C)C)cc(C(C)(C)C)c1O. The average Bonchev–Trinajstić information content (AvgIpc) is 2.45. The maximum absolute atomic E-state index is 11.9. The van der Waals surface area contributed by atoms with Gasteiger partial charge in [-0.25, -0.2) is 0 Å². The Morgan fingerprint density at radius 1 is 1.04 bits per heavy atom. The highest BCUT2D eigenvalue weighted by molar-refractivity contribution is 5.86. The molecule has 0 aliphatic rings. The van der Waals surface area contributed by atoms with E-state index in [1.54, 1.807) is 0 Å². The lowest BCUT2D eigenvalue weighted by atomic mass is 9.80. The molecule has 4 heteroatoms. The van der Waals surface area contributed by atoms with Crippen LogP contribution >= 0.6 is 0 Å². The van der Waals surface area contributed by atoms with Gasteiger partial charge in [-0.3, -0.25) is 9.79 Å². The van der Waals surface area contributed by atoms with Gasteiger partial charge >= 0.3 is 5.97 Å². The molecule has 1 atom stereocenters. The maximum atomic E-state index is 11.9. The third-order valence-corrected chi connectivity index (χ3v) is 4.57. The summed E-state index contributed by atoms with van der Waals surface area (Å²) in [6, 6.07) is 4.05. The lowest BCUT2D eigenvalue weighted by Gasteiger charge is -2.27. The summed E-state index contributed by atoms with van der Waals surface area (Å²) in [7, 11) is 0. The van der Waals surface area contributed by atoms with E-state index in [0.29, 0.717) is 18.5 Å². The van der Waals surface area contributed by atoms with Crippen LogP contribution in [0.1, 0.15) is 93.2 Å². The zero-order chi connectivity index (χ0) is 21.9. The molecule has 28 heavy (non-hydrogen) atoms. The second-order valence-electron chi connectivity index (χ2n) is 10.3. The molecule has 1 aromatic rings. The number of ether oxygens (including phenoxy) is 1. The number of phenols is 1. The van der Waals surface area contributed by atoms with Crippen molar-refractivity contribution in [1.82, 2.24) is 0 Å². The minimum absolute atomic E-state index is 0.0501. The molecule has 4 nitrogen and oxygen atoms in total. The fourth-order valence-corrected chi connectivity index (χ4v) is 3.02. The van der Waals surface area contributed by atoms with Crippen molar-refractivity contribution in [1.29, 1.82) is 0 Å². The Labute approximate surface area is 171 Å². The number of carbonyl (C=O) groups is 1. The fourth-order valence-electron chi connectivity index (χ4n) is 3.02. The van der Waals surface area contributed by atoms with Gasteiger partial charge in [-0.05, 0) is 42.2 Å². The average molecular weight is 390 g/mol. The molecule has 0 aliphatic carbocycles. The number of esters is 1. The molecular formula is C24H39NO3. The van der Waals surface area contributed by atoms with E-state index in [2.05, 4.69) is 47.6 Å². The summed E-state index contributed by atoms with van der Waals surface area (Å²) in [6.45, 7) is 20.5. The Bertz CT molecular complexity index is 719. The molecule has 0 saturated carbocycles. The van der Waals surface area contributed by atoms with Crippen molar-refractivity contribution in [2.45, 2.75) is 99.0 Å². The largest absolute Gasteiger partial charge is 0.505 e. The molecule has 0 aliphatic heterocycles. The summed E-state index contributed by atoms with van der Waals surface area (Å²) < 4.78 is 5.47. The molecule has 0 spiro atoms. The number of rotatable bonds is 6. The van der Waals surface area contributed by atoms with E-state index < -0.39 is 0 Å². The number of aromatic hydroxyl groups is 1. The number of aliphatic imine (C=N–C) groups is 1. The van der Waals surface area contributed by atoms with E-state index in [4.69, 9.17) is 9.73 Å². The predicted octanol–water partition coefficient (Wildman–Crippen LogP) is 6.45. The zero-order valence-corrected chi connectivity index (χ0v) is 19.4. The van der Waals surface area contributed by atoms with Gasteiger partial charge in [-0.1, -0.05) is 61.5 Å². The van der Waals surface area contributed by atoms with Crippen molar-refractivity contribution in [2.24, 2.45) is 10.9 Å². The van der Waals surface area contributed by atoms with Gasteiger partial charge in [0.15, 0.2) is 0 Å². The van der Waals surface area contributed by atoms with Gasteiger partial charge in [0.25, 0.3) is 0 Å². The Balaban J connectivity index is 3.16. The lowest BCUT2D eigenvalue weighted by Crippen LogP contribution is -2.19. The normalized spacial score (nSPS) is 14.3. The molecule has 0 bridgehead atoms. The summed E-state index contributed by atoms with van der Waals surface area (Å²) in [6.07, 6.45) is 0.711. The second-order valence-corrected chi connectivity index (χ2v) is 10.3. The van der Waals surface area contributed by atoms with Crippen molar-refractivity contribution in [3.8, 4) is 5.75 Å². The monoisotopic (exact) mass is 389 g/mol. The van der Waals surface area contributed by atoms with Gasteiger partial charge < -0.3 is 9.84 Å². The molecule has 1 N–H and O–H groups in total. The smallest absolute Gasteiger partial charge is 0.306 e. The highest BCUT2D eigenvalue weighted by atomic mass is 16.5. The van der Waals surface area contributed by atoms with Crippen molar-refractivity contribution in [3.05, 3.63) is 23.3 Å². The number of hydrogen-bond donors (Lipinski definition) is 1. The van der Waals surface area contributed by atoms with Gasteiger partial charge in [0.05, 0.1) is 0 Å². The zero-order valence-electron chi connectivity index (χ0n) is 19.4. The van der Waals surface area contributed by atoms with Crippen molar-refractivity contribution in [3.63, 3.8) is 0 Å². The van der Waals surface area contributed by atoms with Crippen molar-refractivity contribution < 1.29 is 14.6 Å². The molecule has 1 rings (SSSR count). The van der Waals surface area contributed by atoms with Crippen molar-refractivity contribution in [2.75, 3.05) is 0 Å². The highest BCUT2D eigenvalue weighted by Crippen LogP contribution is 2.41. The molecule has 0 heterocycles. The fraction of sp³-hybridized carbons (Fsp3) is 0.667. The Hall–Kier alpha value is -1.84. The number of hydrogen-bond acceptors (Lipinski definition) is 4. The third-order valence-electron chi connectivity index (χ3n) is 4.57. The van der Waals surface area contributed by atoms with Crippen LogP contribution in [0.3, 0.4) is 0 Å². The molecular weight excluding hydrogens is 350 g/mol. The molecule has 1 unspecified atom stereocenters. The third kappa shape index (κ3) is 7.29. The number of nitrogens with zero attached hydrogens (tertiary/aromatic N) is 1. The first-order chi connectivity index (χ1) is 12.6. The van der Waals surface area contributed by atoms with Crippen LogP contribution < -0.4 is 0 Å². The van der Waals surface area contributed by atoms with Crippen LogP contribution in [0.5, 0.6) is 5.75 Å². The van der Waals surface area contributed by atoms with Crippen LogP contribution in [0.25, 0.3) is 0 Å². The van der Waals surface area contributed by atoms with E-state index in [1.807, 2.05) is 33.8 Å². The van der Waals surface area contributed by atoms with Gasteiger partial charge in [-0.15, -0.1) is 0 Å². The van der Waals surface area contributed by atoms with Crippen LogP contribution in [0.15, 0.2) is 17.1 Å². The summed E-state index contributed by atoms with van der Waals surface area (Å²) in [5, 5.41) is 10.8. The first-order valence-corrected chi connectivity index (χ1v) is 10.2. The van der Waals surface area contributed by atoms with Crippen LogP contribution in [0, 0.1) is 5.92 Å². The summed E-state index contributed by atoms with van der Waals surface area (Å²) in [4.78, 5) is 16.6. The topological polar surface area (TPSA) is 58.9 Å². The molecule has 0 saturated heterocycles. The van der Waals surface area contributed by atoms with Crippen molar-refractivity contribution >= 4 is 17.4 Å².